The molecule has 0 amide bonds. The molecule has 0 aromatic carbocycles. The molecule has 1 nitrogen and oxygen atoms in total. The van der Waals surface area contributed by atoms with Crippen LogP contribution in [-0.2, 0) is 4.74 Å². The Balaban J connectivity index is 2.31. The summed E-state index contributed by atoms with van der Waals surface area (Å²) in [6.07, 6.45) is 4.59. The molecule has 0 unspecified atom stereocenters. The maximum Gasteiger partial charge on any atom is 0.0755 e. The minimum Gasteiger partial charge on any atom is -0.374 e. The second kappa shape index (κ2) is 3.02. The van der Waals surface area contributed by atoms with Gasteiger partial charge in [0, 0.05) is 6.61 Å². The molecule has 1 saturated heterocycles. The van der Waals surface area contributed by atoms with Crippen molar-refractivity contribution in [1.29, 1.82) is 0 Å². The Morgan fingerprint density at radius 2 is 2.44 bits per heavy atom. The van der Waals surface area contributed by atoms with Gasteiger partial charge in [-0.2, -0.15) is 0 Å². The summed E-state index contributed by atoms with van der Waals surface area (Å²) in [5, 5.41) is 0. The zero-order valence-electron chi connectivity index (χ0n) is 5.97. The van der Waals surface area contributed by atoms with Gasteiger partial charge in [0.1, 0.15) is 0 Å². The lowest BCUT2D eigenvalue weighted by Gasteiger charge is -2.24. The number of ether oxygens (including phenoxy) is 1. The van der Waals surface area contributed by atoms with Crippen LogP contribution < -0.4 is 0 Å². The monoisotopic (exact) mass is 126 g/mol. The Kier molecular flexibility index (Phi) is 2.29. The molecule has 0 N–H and O–H groups in total. The molecule has 0 aromatic heterocycles. The molecule has 1 heterocycles. The largest absolute Gasteiger partial charge is 0.374 e. The zero-order chi connectivity index (χ0) is 6.69. The molecule has 1 aliphatic rings. The fraction of sp³-hybridized carbons (Fsp3) is 0.750. The first-order chi connectivity index (χ1) is 4.33. The highest BCUT2D eigenvalue weighted by atomic mass is 16.5. The highest BCUT2D eigenvalue weighted by molar-refractivity contribution is 4.83. The van der Waals surface area contributed by atoms with Gasteiger partial charge in [-0.25, -0.2) is 0 Å². The number of hydrogen-bond donors (Lipinski definition) is 0. The average Bonchev–Trinajstić information content (AvgIpc) is 1.88. The van der Waals surface area contributed by atoms with E-state index in [0.717, 1.165) is 18.9 Å². The summed E-state index contributed by atoms with van der Waals surface area (Å²) in [4.78, 5) is 0. The van der Waals surface area contributed by atoms with Crippen molar-refractivity contribution in [1.82, 2.24) is 0 Å². The topological polar surface area (TPSA) is 9.23 Å². The third-order valence-corrected chi connectivity index (χ3v) is 1.84. The molecule has 0 saturated carbocycles. The summed E-state index contributed by atoms with van der Waals surface area (Å²) in [6.45, 7) is 6.87. The van der Waals surface area contributed by atoms with Crippen molar-refractivity contribution in [3.8, 4) is 0 Å². The van der Waals surface area contributed by atoms with Crippen molar-refractivity contribution >= 4 is 0 Å². The van der Waals surface area contributed by atoms with Gasteiger partial charge in [0.2, 0.25) is 0 Å². The predicted molar refractivity (Wildman–Crippen MR) is 38.3 cm³/mol. The molecule has 1 fully saturated rings. The highest BCUT2D eigenvalue weighted by Crippen LogP contribution is 2.19. The van der Waals surface area contributed by atoms with E-state index in [4.69, 9.17) is 4.74 Å². The molecule has 1 aliphatic heterocycles. The predicted octanol–water partition coefficient (Wildman–Crippen LogP) is 1.99. The van der Waals surface area contributed by atoms with E-state index in [-0.39, 0.29) is 0 Å². The van der Waals surface area contributed by atoms with Crippen molar-refractivity contribution in [2.75, 3.05) is 6.61 Å². The van der Waals surface area contributed by atoms with Gasteiger partial charge < -0.3 is 4.74 Å². The molecule has 0 spiro atoms. The van der Waals surface area contributed by atoms with Crippen molar-refractivity contribution in [3.05, 3.63) is 12.7 Å². The minimum atomic E-state index is 0.328. The summed E-state index contributed by atoms with van der Waals surface area (Å²) in [5.74, 6) is 0.821. The van der Waals surface area contributed by atoms with Crippen molar-refractivity contribution in [2.45, 2.75) is 25.9 Å². The lowest BCUT2D eigenvalue weighted by Crippen LogP contribution is -2.21. The molecule has 1 heteroatoms. The van der Waals surface area contributed by atoms with E-state index in [0.29, 0.717) is 6.10 Å². The van der Waals surface area contributed by atoms with Crippen molar-refractivity contribution < 1.29 is 4.74 Å². The summed E-state index contributed by atoms with van der Waals surface area (Å²) >= 11 is 0. The van der Waals surface area contributed by atoms with Crippen LogP contribution in [0.5, 0.6) is 0 Å². The molecule has 9 heavy (non-hydrogen) atoms. The minimum absolute atomic E-state index is 0.328. The average molecular weight is 126 g/mol. The quantitative estimate of drug-likeness (QED) is 0.488. The van der Waals surface area contributed by atoms with E-state index in [1.54, 1.807) is 0 Å². The zero-order valence-corrected chi connectivity index (χ0v) is 5.97. The van der Waals surface area contributed by atoms with E-state index >= 15 is 0 Å². The van der Waals surface area contributed by atoms with Crippen molar-refractivity contribution in [2.24, 2.45) is 5.92 Å². The molecule has 2 atom stereocenters. The Hall–Kier alpha value is -0.300. The van der Waals surface area contributed by atoms with Crippen LogP contribution in [0.4, 0.5) is 0 Å². The Morgan fingerprint density at radius 1 is 1.67 bits per heavy atom. The standard InChI is InChI=1S/C8H14O/c1-3-8-6-7(2)4-5-9-8/h3,7-8H,1,4-6H2,2H3/t7-,8-/m0/s1. The van der Waals surface area contributed by atoms with Crippen LogP contribution in [0.25, 0.3) is 0 Å². The molecular weight excluding hydrogens is 112 g/mol. The second-order valence-corrected chi connectivity index (χ2v) is 2.77. The molecule has 0 radical (unpaired) electrons. The lowest BCUT2D eigenvalue weighted by molar-refractivity contribution is 0.0241. The van der Waals surface area contributed by atoms with Crippen LogP contribution in [-0.4, -0.2) is 12.7 Å². The Labute approximate surface area is 56.7 Å². The SMILES string of the molecule is C=C[C@H]1C[C@@H](C)CCO1. The van der Waals surface area contributed by atoms with E-state index < -0.39 is 0 Å². The fourth-order valence-electron chi connectivity index (χ4n) is 1.17. The normalized spacial score (nSPS) is 36.1. The summed E-state index contributed by atoms with van der Waals surface area (Å²) in [6, 6.07) is 0. The maximum absolute atomic E-state index is 5.38. The lowest BCUT2D eigenvalue weighted by atomic mass is 9.98. The molecule has 0 aromatic rings. The van der Waals surface area contributed by atoms with Crippen LogP contribution in [0.2, 0.25) is 0 Å². The second-order valence-electron chi connectivity index (χ2n) is 2.77. The van der Waals surface area contributed by atoms with Crippen LogP contribution in [0.15, 0.2) is 12.7 Å². The third-order valence-electron chi connectivity index (χ3n) is 1.84. The smallest absolute Gasteiger partial charge is 0.0755 e. The van der Waals surface area contributed by atoms with Crippen LogP contribution in [0.3, 0.4) is 0 Å². The Morgan fingerprint density at radius 3 is 2.89 bits per heavy atom. The highest BCUT2D eigenvalue weighted by Gasteiger charge is 2.15. The van der Waals surface area contributed by atoms with E-state index in [1.807, 2.05) is 6.08 Å². The first-order valence-electron chi connectivity index (χ1n) is 3.57. The van der Waals surface area contributed by atoms with Crippen LogP contribution >= 0.6 is 0 Å². The third kappa shape index (κ3) is 1.83. The van der Waals surface area contributed by atoms with E-state index in [9.17, 15) is 0 Å². The summed E-state index contributed by atoms with van der Waals surface area (Å²) in [5.41, 5.74) is 0. The first-order valence-corrected chi connectivity index (χ1v) is 3.57. The van der Waals surface area contributed by atoms with Gasteiger partial charge in [-0.05, 0) is 18.8 Å². The van der Waals surface area contributed by atoms with Gasteiger partial charge in [0.25, 0.3) is 0 Å². The Bertz CT molecular complexity index is 98.7. The van der Waals surface area contributed by atoms with Gasteiger partial charge in [0.05, 0.1) is 6.10 Å². The summed E-state index contributed by atoms with van der Waals surface area (Å²) in [7, 11) is 0. The van der Waals surface area contributed by atoms with Gasteiger partial charge in [-0.3, -0.25) is 0 Å². The van der Waals surface area contributed by atoms with Gasteiger partial charge >= 0.3 is 0 Å². The van der Waals surface area contributed by atoms with Crippen LogP contribution in [0, 0.1) is 5.92 Å². The van der Waals surface area contributed by atoms with E-state index in [1.165, 1.54) is 6.42 Å². The van der Waals surface area contributed by atoms with Gasteiger partial charge in [-0.1, -0.05) is 13.0 Å². The molecular formula is C8H14O. The summed E-state index contributed by atoms with van der Waals surface area (Å²) < 4.78 is 5.38. The molecule has 0 bridgehead atoms. The van der Waals surface area contributed by atoms with Gasteiger partial charge in [-0.15, -0.1) is 6.58 Å². The number of hydrogen-bond acceptors (Lipinski definition) is 1. The van der Waals surface area contributed by atoms with E-state index in [2.05, 4.69) is 13.5 Å². The molecule has 0 aliphatic carbocycles. The number of rotatable bonds is 1. The molecule has 1 rings (SSSR count). The van der Waals surface area contributed by atoms with Gasteiger partial charge in [0.15, 0.2) is 0 Å². The van der Waals surface area contributed by atoms with Crippen molar-refractivity contribution in [3.63, 3.8) is 0 Å². The fourth-order valence-corrected chi connectivity index (χ4v) is 1.17. The molecule has 52 valence electrons. The maximum atomic E-state index is 5.38. The van der Waals surface area contributed by atoms with Crippen LogP contribution in [0.1, 0.15) is 19.8 Å². The first kappa shape index (κ1) is 6.81.